The van der Waals surface area contributed by atoms with Gasteiger partial charge in [0.05, 0.1) is 30.0 Å². The topological polar surface area (TPSA) is 198 Å². The molecule has 8 N–H and O–H groups in total. The Morgan fingerprint density at radius 1 is 1.19 bits per heavy atom. The van der Waals surface area contributed by atoms with Gasteiger partial charge in [-0.25, -0.2) is 13.2 Å². The van der Waals surface area contributed by atoms with Crippen molar-refractivity contribution in [3.63, 3.8) is 0 Å². The van der Waals surface area contributed by atoms with E-state index in [0.29, 0.717) is 23.1 Å². The molecule has 1 fully saturated rings. The van der Waals surface area contributed by atoms with Crippen LogP contribution in [0.5, 0.6) is 0 Å². The molecule has 3 atom stereocenters. The lowest BCUT2D eigenvalue weighted by Gasteiger charge is -2.27. The van der Waals surface area contributed by atoms with E-state index in [2.05, 4.69) is 10.8 Å². The molecule has 1 aliphatic heterocycles. The van der Waals surface area contributed by atoms with Crippen LogP contribution in [0, 0.1) is 26.2 Å². The van der Waals surface area contributed by atoms with Crippen molar-refractivity contribution in [2.24, 2.45) is 11.5 Å². The summed E-state index contributed by atoms with van der Waals surface area (Å²) >= 11 is 0. The highest BCUT2D eigenvalue weighted by Gasteiger charge is 2.50. The van der Waals surface area contributed by atoms with Crippen LogP contribution in [0.2, 0.25) is 0 Å². The van der Waals surface area contributed by atoms with E-state index in [1.54, 1.807) is 57.2 Å². The third kappa shape index (κ3) is 5.41. The number of nitrogen functional groups attached to an aromatic ring is 1. The molecule has 0 saturated carbocycles. The number of nitrogens with one attached hydrogen (secondary N) is 3. The van der Waals surface area contributed by atoms with Crippen LogP contribution >= 0.6 is 0 Å². The summed E-state index contributed by atoms with van der Waals surface area (Å²) in [7, 11) is -4.56. The molecule has 0 aromatic heterocycles. The van der Waals surface area contributed by atoms with Gasteiger partial charge in [-0.2, -0.15) is 5.48 Å². The van der Waals surface area contributed by atoms with Gasteiger partial charge in [-0.05, 0) is 43.9 Å². The van der Waals surface area contributed by atoms with E-state index < -0.39 is 39.2 Å². The van der Waals surface area contributed by atoms with E-state index in [1.807, 2.05) is 0 Å². The number of hydroxylamine groups is 1. The Bertz CT molecular complexity index is 1270. The van der Waals surface area contributed by atoms with E-state index in [0.717, 1.165) is 11.1 Å². The average Bonchev–Trinajstić information content (AvgIpc) is 3.24. The lowest BCUT2D eigenvalue weighted by atomic mass is 9.99. The minimum Gasteiger partial charge on any atom is -0.479 e. The largest absolute Gasteiger partial charge is 0.479 e. The van der Waals surface area contributed by atoms with Gasteiger partial charge in [-0.15, -0.1) is 0 Å². The van der Waals surface area contributed by atoms with Crippen molar-refractivity contribution >= 4 is 27.5 Å². The molecule has 36 heavy (non-hydrogen) atoms. The summed E-state index contributed by atoms with van der Waals surface area (Å²) in [5.74, 6) is -2.41. The summed E-state index contributed by atoms with van der Waals surface area (Å²) in [5, 5.41) is 19.6. The lowest BCUT2D eigenvalue weighted by Crippen LogP contribution is -2.61. The van der Waals surface area contributed by atoms with Gasteiger partial charge in [0.1, 0.15) is 5.84 Å². The number of amidine groups is 1. The summed E-state index contributed by atoms with van der Waals surface area (Å²) < 4.78 is 26.7. The summed E-state index contributed by atoms with van der Waals surface area (Å²) in [6, 6.07) is 10.1. The second kappa shape index (κ2) is 10.3. The molecule has 11 nitrogen and oxygen atoms in total. The maximum atomic E-state index is 13.4. The molecule has 2 aromatic carbocycles. The van der Waals surface area contributed by atoms with Crippen molar-refractivity contribution in [2.45, 2.75) is 55.5 Å². The number of sulfone groups is 1. The number of rotatable bonds is 9. The van der Waals surface area contributed by atoms with E-state index in [1.165, 1.54) is 0 Å². The standard InChI is InChI=1S/C24H31N5O6S/c1-13-8-14(2)21(15(3)9-13)36(33,34)24(27,23(31)32)12-28-20(30)11-18-10-19(29-35-18)16-4-6-17(7-5-16)22(25)26/h4-9,18-19,29H,10-12,27H2,1-3H3,(H3,25,26)(H,28,30)(H,31,32)/t18-,19+,24+/m1/s1. The highest BCUT2D eigenvalue weighted by molar-refractivity contribution is 7.93. The molecule has 3 rings (SSSR count). The van der Waals surface area contributed by atoms with Crippen molar-refractivity contribution in [3.8, 4) is 0 Å². The zero-order chi connectivity index (χ0) is 26.8. The summed E-state index contributed by atoms with van der Waals surface area (Å²) in [4.78, 5) is 27.2. The first-order valence-corrected chi connectivity index (χ1v) is 12.7. The molecule has 0 spiro atoms. The number of carbonyl (C=O) groups excluding carboxylic acids is 1. The summed E-state index contributed by atoms with van der Waals surface area (Å²) in [6.45, 7) is 4.13. The van der Waals surface area contributed by atoms with Gasteiger partial charge < -0.3 is 21.9 Å². The highest BCUT2D eigenvalue weighted by Crippen LogP contribution is 2.30. The predicted octanol–water partition coefficient (Wildman–Crippen LogP) is 0.950. The fourth-order valence-corrected chi connectivity index (χ4v) is 6.15. The van der Waals surface area contributed by atoms with Gasteiger partial charge in [0.25, 0.3) is 0 Å². The first-order valence-electron chi connectivity index (χ1n) is 11.2. The maximum Gasteiger partial charge on any atom is 0.341 e. The number of amides is 1. The smallest absolute Gasteiger partial charge is 0.341 e. The molecule has 0 unspecified atom stereocenters. The number of nitrogens with two attached hydrogens (primary N) is 2. The molecule has 12 heteroatoms. The van der Waals surface area contributed by atoms with Gasteiger partial charge in [0.2, 0.25) is 20.6 Å². The third-order valence-electron chi connectivity index (χ3n) is 6.18. The fourth-order valence-electron chi connectivity index (χ4n) is 4.33. The first kappa shape index (κ1) is 27.3. The Kier molecular flexibility index (Phi) is 7.84. The minimum absolute atomic E-state index is 0.0428. The highest BCUT2D eigenvalue weighted by atomic mass is 32.2. The van der Waals surface area contributed by atoms with Crippen molar-refractivity contribution in [3.05, 3.63) is 64.2 Å². The van der Waals surface area contributed by atoms with Gasteiger partial charge in [0.15, 0.2) is 0 Å². The summed E-state index contributed by atoms with van der Waals surface area (Å²) in [6.07, 6.45) is -0.217. The molecular weight excluding hydrogens is 486 g/mol. The van der Waals surface area contributed by atoms with Crippen LogP contribution in [0.4, 0.5) is 0 Å². The molecule has 0 radical (unpaired) electrons. The van der Waals surface area contributed by atoms with Crippen LogP contribution in [-0.4, -0.2) is 48.8 Å². The Hall–Kier alpha value is -3.32. The number of aryl methyl sites for hydroxylation is 3. The molecule has 2 aromatic rings. The molecule has 194 valence electrons. The Labute approximate surface area is 209 Å². The first-order chi connectivity index (χ1) is 16.8. The number of carbonyl (C=O) groups is 2. The van der Waals surface area contributed by atoms with Gasteiger partial charge in [0, 0.05) is 5.56 Å². The van der Waals surface area contributed by atoms with Crippen LogP contribution in [0.3, 0.4) is 0 Å². The van der Waals surface area contributed by atoms with E-state index in [-0.39, 0.29) is 23.2 Å². The van der Waals surface area contributed by atoms with Crippen LogP contribution < -0.4 is 22.3 Å². The summed E-state index contributed by atoms with van der Waals surface area (Å²) in [5.41, 5.74) is 17.3. The average molecular weight is 518 g/mol. The number of carboxylic acid groups (broad SMARTS) is 1. The number of hydrogen-bond acceptors (Lipinski definition) is 8. The SMILES string of the molecule is Cc1cc(C)c(S(=O)(=O)[C@@](N)(CNC(=O)C[C@H]2C[C@@H](c3ccc(C(=N)N)cc3)NO2)C(=O)O)c(C)c1. The molecular formula is C24H31N5O6S. The van der Waals surface area contributed by atoms with Crippen LogP contribution in [0.15, 0.2) is 41.3 Å². The molecule has 1 heterocycles. The monoisotopic (exact) mass is 517 g/mol. The van der Waals surface area contributed by atoms with Crippen molar-refractivity contribution in [1.82, 2.24) is 10.8 Å². The minimum atomic E-state index is -4.56. The zero-order valence-electron chi connectivity index (χ0n) is 20.3. The maximum absolute atomic E-state index is 13.4. The number of aliphatic carboxylic acids is 1. The number of benzene rings is 2. The fraction of sp³-hybridized carbons (Fsp3) is 0.375. The van der Waals surface area contributed by atoms with Gasteiger partial charge in [-0.3, -0.25) is 15.0 Å². The Balaban J connectivity index is 1.67. The second-order valence-corrected chi connectivity index (χ2v) is 11.2. The second-order valence-electron chi connectivity index (χ2n) is 9.09. The molecule has 1 aliphatic rings. The Morgan fingerprint density at radius 2 is 1.78 bits per heavy atom. The Morgan fingerprint density at radius 3 is 2.31 bits per heavy atom. The molecule has 0 aliphatic carbocycles. The number of hydrogen-bond donors (Lipinski definition) is 6. The van der Waals surface area contributed by atoms with Crippen LogP contribution in [0.25, 0.3) is 0 Å². The number of carboxylic acids is 1. The third-order valence-corrected chi connectivity index (χ3v) is 8.64. The van der Waals surface area contributed by atoms with Crippen LogP contribution in [-0.2, 0) is 24.3 Å². The van der Waals surface area contributed by atoms with Gasteiger partial charge in [-0.1, -0.05) is 42.0 Å². The van der Waals surface area contributed by atoms with Gasteiger partial charge >= 0.3 is 5.97 Å². The van der Waals surface area contributed by atoms with E-state index >= 15 is 0 Å². The molecule has 1 saturated heterocycles. The normalized spacial score (nSPS) is 19.4. The van der Waals surface area contributed by atoms with Crippen LogP contribution in [0.1, 0.15) is 46.7 Å². The van der Waals surface area contributed by atoms with Crippen molar-refractivity contribution < 1.29 is 28.0 Å². The van der Waals surface area contributed by atoms with E-state index in [4.69, 9.17) is 21.7 Å². The predicted molar refractivity (Wildman–Crippen MR) is 133 cm³/mol. The van der Waals surface area contributed by atoms with Crippen molar-refractivity contribution in [2.75, 3.05) is 6.54 Å². The van der Waals surface area contributed by atoms with E-state index in [9.17, 15) is 23.1 Å². The molecule has 1 amide bonds. The lowest BCUT2D eigenvalue weighted by molar-refractivity contribution is -0.140. The molecule has 0 bridgehead atoms. The zero-order valence-corrected chi connectivity index (χ0v) is 21.1. The van der Waals surface area contributed by atoms with Crippen molar-refractivity contribution in [1.29, 1.82) is 5.41 Å². The quantitative estimate of drug-likeness (QED) is 0.207.